The Morgan fingerprint density at radius 1 is 1.03 bits per heavy atom. The fraction of sp³-hybridized carbons (Fsp3) is 0.423. The van der Waals surface area contributed by atoms with Crippen LogP contribution in [0.3, 0.4) is 0 Å². The minimum atomic E-state index is -2.95. The first-order valence-corrected chi connectivity index (χ1v) is 12.4. The molecule has 1 amide bonds. The van der Waals surface area contributed by atoms with E-state index < -0.39 is 29.8 Å². The molecule has 0 atom stereocenters. The van der Waals surface area contributed by atoms with Crippen molar-refractivity contribution in [1.29, 1.82) is 0 Å². The predicted octanol–water partition coefficient (Wildman–Crippen LogP) is 4.55. The maximum atomic E-state index is 15.0. The molecule has 3 heterocycles. The Hall–Kier alpha value is -3.58. The average molecular weight is 552 g/mol. The third-order valence-corrected chi connectivity index (χ3v) is 7.18. The number of benzene rings is 2. The molecule has 2 fully saturated rings. The van der Waals surface area contributed by atoms with E-state index in [1.54, 1.807) is 7.05 Å². The number of hydrogen-bond donors (Lipinski definition) is 0. The first-order valence-electron chi connectivity index (χ1n) is 12.4. The number of carbonyl (C=O) groups is 1. The van der Waals surface area contributed by atoms with E-state index in [4.69, 9.17) is 9.15 Å². The van der Waals surface area contributed by atoms with Crippen LogP contribution in [0.5, 0.6) is 0 Å². The van der Waals surface area contributed by atoms with Crippen molar-refractivity contribution < 1.29 is 35.9 Å². The first kappa shape index (κ1) is 27.0. The van der Waals surface area contributed by atoms with Crippen molar-refractivity contribution >= 4 is 17.8 Å². The van der Waals surface area contributed by atoms with Gasteiger partial charge in [-0.1, -0.05) is 6.07 Å². The van der Waals surface area contributed by atoms with Crippen molar-refractivity contribution in [3.05, 3.63) is 59.2 Å². The topological polar surface area (TPSA) is 74.9 Å². The van der Waals surface area contributed by atoms with Gasteiger partial charge in [-0.05, 0) is 25.0 Å². The standard InChI is InChI=1S/C26H26F5N5O3/c1-34(11-16-3-2-15(8-19(16)27)25-32-33-26(39-25)24(30)31)22-9-20(28)21(29)10-23(22)36(14-37)17-4-6-35(7-5-17)18-12-38-13-18/h2-3,8-10,14,17-18,24H,4-7,11-13H2,1H3. The summed E-state index contributed by atoms with van der Waals surface area (Å²) in [6.45, 7) is 2.79. The number of alkyl halides is 2. The van der Waals surface area contributed by atoms with Crippen LogP contribution in [0, 0.1) is 17.5 Å². The van der Waals surface area contributed by atoms with E-state index in [9.17, 15) is 26.7 Å². The highest BCUT2D eigenvalue weighted by Gasteiger charge is 2.33. The monoisotopic (exact) mass is 551 g/mol. The predicted molar refractivity (Wildman–Crippen MR) is 131 cm³/mol. The van der Waals surface area contributed by atoms with Gasteiger partial charge >= 0.3 is 6.43 Å². The summed E-state index contributed by atoms with van der Waals surface area (Å²) in [6, 6.07) is 6.02. The van der Waals surface area contributed by atoms with Gasteiger partial charge in [0.15, 0.2) is 11.6 Å². The van der Waals surface area contributed by atoms with Gasteiger partial charge in [0.25, 0.3) is 5.89 Å². The number of nitrogens with zero attached hydrogens (tertiary/aromatic N) is 5. The zero-order valence-electron chi connectivity index (χ0n) is 21.0. The molecule has 3 aromatic rings. The van der Waals surface area contributed by atoms with E-state index in [2.05, 4.69) is 15.1 Å². The van der Waals surface area contributed by atoms with Gasteiger partial charge in [-0.2, -0.15) is 8.78 Å². The lowest BCUT2D eigenvalue weighted by Crippen LogP contribution is -2.54. The van der Waals surface area contributed by atoms with Crippen LogP contribution in [-0.2, 0) is 16.1 Å². The maximum Gasteiger partial charge on any atom is 0.314 e. The highest BCUT2D eigenvalue weighted by atomic mass is 19.3. The van der Waals surface area contributed by atoms with Crippen LogP contribution < -0.4 is 9.80 Å². The van der Waals surface area contributed by atoms with Crippen molar-refractivity contribution in [2.75, 3.05) is 43.2 Å². The van der Waals surface area contributed by atoms with Gasteiger partial charge in [-0.3, -0.25) is 9.69 Å². The molecule has 0 radical (unpaired) electrons. The molecule has 0 aliphatic carbocycles. The summed E-state index contributed by atoms with van der Waals surface area (Å²) in [6.07, 6.45) is -1.04. The van der Waals surface area contributed by atoms with Gasteiger partial charge in [-0.15, -0.1) is 10.2 Å². The van der Waals surface area contributed by atoms with Gasteiger partial charge in [0.2, 0.25) is 12.3 Å². The lowest BCUT2D eigenvalue weighted by Gasteiger charge is -2.43. The van der Waals surface area contributed by atoms with Crippen LogP contribution in [0.1, 0.15) is 30.7 Å². The molecule has 1 aromatic heterocycles. The highest BCUT2D eigenvalue weighted by Crippen LogP contribution is 2.35. The van der Waals surface area contributed by atoms with E-state index >= 15 is 0 Å². The Labute approximate surface area is 220 Å². The average Bonchev–Trinajstić information content (AvgIpc) is 3.38. The fourth-order valence-corrected chi connectivity index (χ4v) is 4.93. The molecule has 0 N–H and O–H groups in total. The molecule has 208 valence electrons. The number of hydrogen-bond acceptors (Lipinski definition) is 7. The number of amides is 1. The van der Waals surface area contributed by atoms with Gasteiger partial charge in [-0.25, -0.2) is 13.2 Å². The van der Waals surface area contributed by atoms with Crippen LogP contribution in [0.2, 0.25) is 0 Å². The lowest BCUT2D eigenvalue weighted by atomic mass is 10.00. The Kier molecular flexibility index (Phi) is 7.80. The van der Waals surface area contributed by atoms with Gasteiger partial charge in [0, 0.05) is 56.0 Å². The smallest absolute Gasteiger partial charge is 0.314 e. The second-order valence-corrected chi connectivity index (χ2v) is 9.63. The number of carbonyl (C=O) groups excluding carboxylic acids is 1. The zero-order valence-corrected chi connectivity index (χ0v) is 21.0. The maximum absolute atomic E-state index is 15.0. The van der Waals surface area contributed by atoms with Crippen molar-refractivity contribution in [1.82, 2.24) is 15.1 Å². The third kappa shape index (κ3) is 5.59. The van der Waals surface area contributed by atoms with E-state index in [0.717, 1.165) is 31.3 Å². The molecule has 0 unspecified atom stereocenters. The number of rotatable bonds is 9. The summed E-state index contributed by atoms with van der Waals surface area (Å²) in [7, 11) is 1.57. The van der Waals surface area contributed by atoms with Crippen LogP contribution in [0.15, 0.2) is 34.7 Å². The fourth-order valence-electron chi connectivity index (χ4n) is 4.93. The van der Waals surface area contributed by atoms with Crippen molar-refractivity contribution in [2.45, 2.75) is 37.9 Å². The number of aromatic nitrogens is 2. The molecule has 13 heteroatoms. The van der Waals surface area contributed by atoms with Crippen LogP contribution >= 0.6 is 0 Å². The molecule has 5 rings (SSSR count). The van der Waals surface area contributed by atoms with E-state index in [1.165, 1.54) is 21.9 Å². The summed E-state index contributed by atoms with van der Waals surface area (Å²) in [4.78, 5) is 17.4. The summed E-state index contributed by atoms with van der Waals surface area (Å²) >= 11 is 0. The number of halogens is 5. The molecular formula is C26H26F5N5O3. The third-order valence-electron chi connectivity index (χ3n) is 7.18. The van der Waals surface area contributed by atoms with Gasteiger partial charge in [0.1, 0.15) is 5.82 Å². The molecule has 2 aromatic carbocycles. The van der Waals surface area contributed by atoms with E-state index in [1.807, 2.05) is 0 Å². The van der Waals surface area contributed by atoms with Gasteiger partial charge in [0.05, 0.1) is 30.6 Å². The minimum Gasteiger partial charge on any atom is -0.415 e. The molecule has 0 bridgehead atoms. The Morgan fingerprint density at radius 2 is 1.72 bits per heavy atom. The SMILES string of the molecule is CN(Cc1ccc(-c2nnc(C(F)F)o2)cc1F)c1cc(F)c(F)cc1N(C=O)C1CCN(C2COC2)CC1. The molecule has 2 aliphatic heterocycles. The number of anilines is 2. The molecule has 39 heavy (non-hydrogen) atoms. The Morgan fingerprint density at radius 3 is 2.28 bits per heavy atom. The Bertz CT molecular complexity index is 1330. The second kappa shape index (κ2) is 11.3. The van der Waals surface area contributed by atoms with Crippen molar-refractivity contribution in [3.63, 3.8) is 0 Å². The van der Waals surface area contributed by atoms with E-state index in [0.29, 0.717) is 38.5 Å². The normalized spacial score (nSPS) is 16.9. The summed E-state index contributed by atoms with van der Waals surface area (Å²) < 4.78 is 79.3. The zero-order chi connectivity index (χ0) is 27.7. The summed E-state index contributed by atoms with van der Waals surface area (Å²) in [5, 5.41) is 6.75. The van der Waals surface area contributed by atoms with E-state index in [-0.39, 0.29) is 41.0 Å². The second-order valence-electron chi connectivity index (χ2n) is 9.63. The number of ether oxygens (including phenoxy) is 1. The minimum absolute atomic E-state index is 0.0663. The molecule has 0 spiro atoms. The number of piperidine rings is 1. The molecule has 2 saturated heterocycles. The molecular weight excluding hydrogens is 525 g/mol. The van der Waals surface area contributed by atoms with Crippen LogP contribution in [0.25, 0.3) is 11.5 Å². The molecule has 2 aliphatic rings. The first-order chi connectivity index (χ1) is 18.7. The quantitative estimate of drug-likeness (QED) is 0.285. The molecule has 0 saturated carbocycles. The highest BCUT2D eigenvalue weighted by molar-refractivity contribution is 5.85. The lowest BCUT2D eigenvalue weighted by molar-refractivity contribution is -0.108. The largest absolute Gasteiger partial charge is 0.415 e. The summed E-state index contributed by atoms with van der Waals surface area (Å²) in [5.41, 5.74) is 0.676. The van der Waals surface area contributed by atoms with Crippen molar-refractivity contribution in [3.8, 4) is 11.5 Å². The molecule has 8 nitrogen and oxygen atoms in total. The Balaban J connectivity index is 1.36. The summed E-state index contributed by atoms with van der Waals surface area (Å²) in [5.74, 6) is -4.03. The number of likely N-dealkylation sites (tertiary alicyclic amines) is 1. The van der Waals surface area contributed by atoms with Crippen LogP contribution in [0.4, 0.5) is 33.3 Å². The van der Waals surface area contributed by atoms with Crippen molar-refractivity contribution in [2.24, 2.45) is 0 Å². The van der Waals surface area contributed by atoms with Crippen LogP contribution in [-0.4, -0.2) is 66.9 Å². The van der Waals surface area contributed by atoms with Gasteiger partial charge < -0.3 is 19.0 Å².